The van der Waals surface area contributed by atoms with Crippen LogP contribution >= 0.6 is 0 Å². The number of para-hydroxylation sites is 1. The minimum atomic E-state index is -0.254. The highest BCUT2D eigenvalue weighted by Gasteiger charge is 2.11. The smallest absolute Gasteiger partial charge is 0.274 e. The van der Waals surface area contributed by atoms with Crippen molar-refractivity contribution in [2.45, 2.75) is 19.9 Å². The van der Waals surface area contributed by atoms with Crippen LogP contribution in [0.1, 0.15) is 28.5 Å². The molecule has 126 valence electrons. The predicted octanol–water partition coefficient (Wildman–Crippen LogP) is 3.30. The number of carbonyl (C=O) groups is 1. The van der Waals surface area contributed by atoms with Gasteiger partial charge in [0, 0.05) is 30.8 Å². The predicted molar refractivity (Wildman–Crippen MR) is 97.4 cm³/mol. The van der Waals surface area contributed by atoms with E-state index in [9.17, 15) is 4.79 Å². The lowest BCUT2D eigenvalue weighted by molar-refractivity contribution is 0.102. The van der Waals surface area contributed by atoms with Gasteiger partial charge < -0.3 is 10.6 Å². The molecular weight excluding hydrogens is 314 g/mol. The number of carbonyl (C=O) groups excluding carboxylic acids is 1. The third kappa shape index (κ3) is 4.38. The molecule has 6 nitrogen and oxygen atoms in total. The third-order valence-corrected chi connectivity index (χ3v) is 3.73. The van der Waals surface area contributed by atoms with Crippen LogP contribution in [0.5, 0.6) is 0 Å². The van der Waals surface area contributed by atoms with E-state index in [4.69, 9.17) is 0 Å². The first kappa shape index (κ1) is 16.6. The lowest BCUT2D eigenvalue weighted by Gasteiger charge is -2.10. The minimum Gasteiger partial charge on any atom is -0.350 e. The van der Waals surface area contributed by atoms with Gasteiger partial charge in [-0.15, -0.1) is 0 Å². The molecule has 3 rings (SSSR count). The number of amides is 1. The lowest BCUT2D eigenvalue weighted by Crippen LogP contribution is -2.16. The van der Waals surface area contributed by atoms with Crippen LogP contribution in [0.15, 0.2) is 61.1 Å². The molecule has 0 aliphatic rings. The largest absolute Gasteiger partial charge is 0.350 e. The quantitative estimate of drug-likeness (QED) is 0.723. The number of pyridine rings is 1. The molecule has 6 heteroatoms. The molecule has 0 spiro atoms. The number of benzene rings is 1. The Kier molecular flexibility index (Phi) is 5.31. The van der Waals surface area contributed by atoms with Crippen molar-refractivity contribution >= 4 is 17.5 Å². The number of aryl methyl sites for hydroxylation is 1. The van der Waals surface area contributed by atoms with Gasteiger partial charge in [0.1, 0.15) is 5.69 Å². The van der Waals surface area contributed by atoms with Crippen LogP contribution in [0.2, 0.25) is 0 Å². The minimum absolute atomic E-state index is 0.254. The van der Waals surface area contributed by atoms with Gasteiger partial charge in [-0.2, -0.15) is 0 Å². The average molecular weight is 333 g/mol. The Balaban J connectivity index is 1.69. The van der Waals surface area contributed by atoms with E-state index >= 15 is 0 Å². The molecule has 1 amide bonds. The third-order valence-electron chi connectivity index (χ3n) is 3.73. The molecule has 0 atom stereocenters. The second-order valence-electron chi connectivity index (χ2n) is 5.44. The first-order valence-electron chi connectivity index (χ1n) is 8.11. The standard InChI is InChI=1S/C19H19N5O/c1-2-15-5-3-4-6-16(15)23-18(25)17-9-12-21-19(24-17)22-13-14-7-10-20-11-8-14/h3-12H,2,13H2,1H3,(H,23,25)(H,21,22,24). The van der Waals surface area contributed by atoms with Crippen molar-refractivity contribution in [2.24, 2.45) is 0 Å². The number of nitrogens with zero attached hydrogens (tertiary/aromatic N) is 3. The van der Waals surface area contributed by atoms with Crippen LogP contribution in [0.3, 0.4) is 0 Å². The first-order chi connectivity index (χ1) is 12.3. The van der Waals surface area contributed by atoms with E-state index in [0.29, 0.717) is 18.2 Å². The van der Waals surface area contributed by atoms with Crippen LogP contribution in [-0.4, -0.2) is 20.9 Å². The van der Waals surface area contributed by atoms with Gasteiger partial charge in [0.15, 0.2) is 0 Å². The summed E-state index contributed by atoms with van der Waals surface area (Å²) in [6.07, 6.45) is 5.88. The average Bonchev–Trinajstić information content (AvgIpc) is 2.68. The van der Waals surface area contributed by atoms with Crippen LogP contribution in [0, 0.1) is 0 Å². The molecule has 0 unspecified atom stereocenters. The molecule has 2 aromatic heterocycles. The van der Waals surface area contributed by atoms with E-state index in [2.05, 4.69) is 32.5 Å². The highest BCUT2D eigenvalue weighted by Crippen LogP contribution is 2.16. The Bertz CT molecular complexity index is 851. The normalized spacial score (nSPS) is 10.3. The summed E-state index contributed by atoms with van der Waals surface area (Å²) in [6, 6.07) is 13.2. The molecular formula is C19H19N5O. The van der Waals surface area contributed by atoms with E-state index in [0.717, 1.165) is 23.2 Å². The molecule has 25 heavy (non-hydrogen) atoms. The summed E-state index contributed by atoms with van der Waals surface area (Å²) in [7, 11) is 0. The molecule has 0 fully saturated rings. The van der Waals surface area contributed by atoms with Crippen LogP contribution in [0.4, 0.5) is 11.6 Å². The van der Waals surface area contributed by atoms with E-state index in [1.54, 1.807) is 24.7 Å². The number of hydrogen-bond acceptors (Lipinski definition) is 5. The molecule has 2 heterocycles. The molecule has 0 saturated carbocycles. The van der Waals surface area contributed by atoms with Gasteiger partial charge >= 0.3 is 0 Å². The monoisotopic (exact) mass is 333 g/mol. The second-order valence-corrected chi connectivity index (χ2v) is 5.44. The summed E-state index contributed by atoms with van der Waals surface area (Å²) in [5.74, 6) is 0.156. The highest BCUT2D eigenvalue weighted by molar-refractivity contribution is 6.03. The molecule has 0 saturated heterocycles. The van der Waals surface area contributed by atoms with Gasteiger partial charge in [-0.05, 0) is 41.8 Å². The van der Waals surface area contributed by atoms with Crippen molar-refractivity contribution in [1.82, 2.24) is 15.0 Å². The number of hydrogen-bond donors (Lipinski definition) is 2. The summed E-state index contributed by atoms with van der Waals surface area (Å²) >= 11 is 0. The Morgan fingerprint density at radius 2 is 1.84 bits per heavy atom. The molecule has 0 aliphatic carbocycles. The van der Waals surface area contributed by atoms with E-state index in [1.165, 1.54) is 0 Å². The van der Waals surface area contributed by atoms with Gasteiger partial charge in [0.2, 0.25) is 5.95 Å². The van der Waals surface area contributed by atoms with Crippen LogP contribution in [-0.2, 0) is 13.0 Å². The Morgan fingerprint density at radius 3 is 2.64 bits per heavy atom. The first-order valence-corrected chi connectivity index (χ1v) is 8.11. The zero-order chi connectivity index (χ0) is 17.5. The van der Waals surface area contributed by atoms with Crippen LogP contribution < -0.4 is 10.6 Å². The van der Waals surface area contributed by atoms with Gasteiger partial charge in [-0.25, -0.2) is 9.97 Å². The molecule has 0 bridgehead atoms. The molecule has 0 radical (unpaired) electrons. The summed E-state index contributed by atoms with van der Waals surface area (Å²) in [5.41, 5.74) is 3.27. The Hall–Kier alpha value is -3.28. The maximum absolute atomic E-state index is 12.5. The Labute approximate surface area is 146 Å². The van der Waals surface area contributed by atoms with Crippen LogP contribution in [0.25, 0.3) is 0 Å². The number of aromatic nitrogens is 3. The maximum atomic E-state index is 12.5. The summed E-state index contributed by atoms with van der Waals surface area (Å²) in [4.78, 5) is 24.9. The fourth-order valence-electron chi connectivity index (χ4n) is 2.39. The summed E-state index contributed by atoms with van der Waals surface area (Å²) < 4.78 is 0. The van der Waals surface area contributed by atoms with Gasteiger partial charge in [0.05, 0.1) is 0 Å². The van der Waals surface area contributed by atoms with Crippen molar-refractivity contribution in [3.8, 4) is 0 Å². The summed E-state index contributed by atoms with van der Waals surface area (Å²) in [5, 5.41) is 6.03. The van der Waals surface area contributed by atoms with Crippen molar-refractivity contribution in [3.05, 3.63) is 77.9 Å². The number of anilines is 2. The molecule has 2 N–H and O–H groups in total. The fourth-order valence-corrected chi connectivity index (χ4v) is 2.39. The molecule has 1 aromatic carbocycles. The van der Waals surface area contributed by atoms with Crippen molar-refractivity contribution in [3.63, 3.8) is 0 Å². The zero-order valence-corrected chi connectivity index (χ0v) is 13.9. The second kappa shape index (κ2) is 8.01. The van der Waals surface area contributed by atoms with Gasteiger partial charge in [-0.3, -0.25) is 9.78 Å². The topological polar surface area (TPSA) is 79.8 Å². The van der Waals surface area contributed by atoms with E-state index < -0.39 is 0 Å². The molecule has 0 aliphatic heterocycles. The summed E-state index contributed by atoms with van der Waals surface area (Å²) in [6.45, 7) is 2.61. The number of nitrogens with one attached hydrogen (secondary N) is 2. The SMILES string of the molecule is CCc1ccccc1NC(=O)c1ccnc(NCc2ccncc2)n1. The van der Waals surface area contributed by atoms with Crippen molar-refractivity contribution < 1.29 is 4.79 Å². The van der Waals surface area contributed by atoms with Gasteiger partial charge in [0.25, 0.3) is 5.91 Å². The zero-order valence-electron chi connectivity index (χ0n) is 13.9. The molecule has 3 aromatic rings. The lowest BCUT2D eigenvalue weighted by atomic mass is 10.1. The van der Waals surface area contributed by atoms with E-state index in [-0.39, 0.29) is 5.91 Å². The van der Waals surface area contributed by atoms with Gasteiger partial charge in [-0.1, -0.05) is 25.1 Å². The fraction of sp³-hybridized carbons (Fsp3) is 0.158. The van der Waals surface area contributed by atoms with Crippen molar-refractivity contribution in [2.75, 3.05) is 10.6 Å². The maximum Gasteiger partial charge on any atom is 0.274 e. The Morgan fingerprint density at radius 1 is 1.04 bits per heavy atom. The van der Waals surface area contributed by atoms with E-state index in [1.807, 2.05) is 36.4 Å². The number of rotatable bonds is 6. The highest BCUT2D eigenvalue weighted by atomic mass is 16.1. The van der Waals surface area contributed by atoms with Crippen molar-refractivity contribution in [1.29, 1.82) is 0 Å².